The lowest BCUT2D eigenvalue weighted by molar-refractivity contribution is -0.154. The number of carbonyl (C=O) groups excluding carboxylic acids is 1. The van der Waals surface area contributed by atoms with Crippen molar-refractivity contribution in [2.24, 2.45) is 0 Å². The number of thiazole rings is 1. The lowest BCUT2D eigenvalue weighted by Gasteiger charge is -2.19. The van der Waals surface area contributed by atoms with Crippen molar-refractivity contribution >= 4 is 33.4 Å². The fourth-order valence-electron chi connectivity index (χ4n) is 2.51. The average Bonchev–Trinajstić information content (AvgIpc) is 3.12. The van der Waals surface area contributed by atoms with E-state index in [1.807, 2.05) is 24.3 Å². The van der Waals surface area contributed by atoms with E-state index in [9.17, 15) is 9.59 Å². The number of hydrogen-bond donors (Lipinski definition) is 1. The van der Waals surface area contributed by atoms with Gasteiger partial charge in [0.25, 0.3) is 5.91 Å². The Labute approximate surface area is 131 Å². The van der Waals surface area contributed by atoms with Crippen LogP contribution in [0.5, 0.6) is 0 Å². The lowest BCUT2D eigenvalue weighted by atomic mass is 10.2. The van der Waals surface area contributed by atoms with E-state index in [1.165, 1.54) is 0 Å². The average molecular weight is 320 g/mol. The molecule has 0 saturated carbocycles. The number of benzene rings is 1. The summed E-state index contributed by atoms with van der Waals surface area (Å²) in [6.07, 6.45) is -0.717. The molecular formula is C15H16N2O4S. The van der Waals surface area contributed by atoms with Crippen molar-refractivity contribution in [3.63, 3.8) is 0 Å². The number of carbonyl (C=O) groups is 2. The molecule has 0 radical (unpaired) electrons. The number of carboxylic acids is 1. The SMILES string of the molecule is CN(Cc1nc2ccccc2s1)C(=O)[C@@H]1CC[C@H](C(=O)O)O1. The molecule has 1 aromatic carbocycles. The standard InChI is InChI=1S/C15H16N2O4S/c1-17(14(18)10-6-7-11(21-10)15(19)20)8-13-16-9-4-2-3-5-12(9)22-13/h2-5,10-11H,6-8H2,1H3,(H,19,20)/t10-,11+/m0/s1. The molecule has 2 aromatic rings. The Morgan fingerprint density at radius 1 is 1.36 bits per heavy atom. The molecule has 0 aliphatic carbocycles. The summed E-state index contributed by atoms with van der Waals surface area (Å²) in [5, 5.41) is 9.76. The van der Waals surface area contributed by atoms with E-state index in [0.717, 1.165) is 15.2 Å². The maximum Gasteiger partial charge on any atom is 0.332 e. The lowest BCUT2D eigenvalue weighted by Crippen LogP contribution is -2.36. The van der Waals surface area contributed by atoms with E-state index in [2.05, 4.69) is 4.98 Å². The minimum absolute atomic E-state index is 0.192. The summed E-state index contributed by atoms with van der Waals surface area (Å²) in [7, 11) is 1.69. The van der Waals surface area contributed by atoms with E-state index in [4.69, 9.17) is 9.84 Å². The number of fused-ring (bicyclic) bond motifs is 1. The number of aliphatic carboxylic acids is 1. The first-order chi connectivity index (χ1) is 10.5. The molecule has 1 N–H and O–H groups in total. The van der Waals surface area contributed by atoms with Gasteiger partial charge < -0.3 is 14.7 Å². The first kappa shape index (κ1) is 14.9. The van der Waals surface area contributed by atoms with Crippen molar-refractivity contribution in [2.75, 3.05) is 7.05 Å². The summed E-state index contributed by atoms with van der Waals surface area (Å²) in [6, 6.07) is 7.82. The predicted molar refractivity (Wildman–Crippen MR) is 81.6 cm³/mol. The second-order valence-corrected chi connectivity index (χ2v) is 6.41. The van der Waals surface area contributed by atoms with Crippen LogP contribution < -0.4 is 0 Å². The molecule has 1 aliphatic rings. The van der Waals surface area contributed by atoms with Gasteiger partial charge in [-0.1, -0.05) is 12.1 Å². The monoisotopic (exact) mass is 320 g/mol. The highest BCUT2D eigenvalue weighted by Crippen LogP contribution is 2.24. The number of aromatic nitrogens is 1. The third-order valence-corrected chi connectivity index (χ3v) is 4.68. The van der Waals surface area contributed by atoms with Gasteiger partial charge in [0.2, 0.25) is 0 Å². The molecule has 0 spiro atoms. The van der Waals surface area contributed by atoms with Gasteiger partial charge in [-0.05, 0) is 25.0 Å². The molecule has 1 amide bonds. The first-order valence-electron chi connectivity index (χ1n) is 7.02. The van der Waals surface area contributed by atoms with Gasteiger partial charge >= 0.3 is 5.97 Å². The zero-order valence-corrected chi connectivity index (χ0v) is 12.9. The second kappa shape index (κ2) is 6.02. The van der Waals surface area contributed by atoms with Gasteiger partial charge in [-0.15, -0.1) is 11.3 Å². The Morgan fingerprint density at radius 2 is 2.09 bits per heavy atom. The number of carboxylic acid groups (broad SMARTS) is 1. The molecule has 3 rings (SSSR count). The van der Waals surface area contributed by atoms with Crippen LogP contribution in [0.2, 0.25) is 0 Å². The zero-order valence-electron chi connectivity index (χ0n) is 12.1. The van der Waals surface area contributed by atoms with Gasteiger partial charge in [0, 0.05) is 7.05 Å². The quantitative estimate of drug-likeness (QED) is 0.930. The van der Waals surface area contributed by atoms with Crippen molar-refractivity contribution in [1.29, 1.82) is 0 Å². The van der Waals surface area contributed by atoms with Crippen LogP contribution >= 0.6 is 11.3 Å². The van der Waals surface area contributed by atoms with Crippen molar-refractivity contribution in [1.82, 2.24) is 9.88 Å². The molecule has 0 bridgehead atoms. The van der Waals surface area contributed by atoms with Gasteiger partial charge in [0.1, 0.15) is 11.1 Å². The Bertz CT molecular complexity index is 681. The van der Waals surface area contributed by atoms with E-state index in [-0.39, 0.29) is 5.91 Å². The van der Waals surface area contributed by atoms with Crippen molar-refractivity contribution in [3.05, 3.63) is 29.3 Å². The van der Waals surface area contributed by atoms with Gasteiger partial charge in [0.15, 0.2) is 6.10 Å². The molecule has 22 heavy (non-hydrogen) atoms. The number of nitrogens with zero attached hydrogens (tertiary/aromatic N) is 2. The number of para-hydroxylation sites is 1. The Hall–Kier alpha value is -1.99. The van der Waals surface area contributed by atoms with Crippen LogP contribution in [0.1, 0.15) is 17.8 Å². The first-order valence-corrected chi connectivity index (χ1v) is 7.84. The summed E-state index contributed by atoms with van der Waals surface area (Å²) in [5.41, 5.74) is 0.923. The van der Waals surface area contributed by atoms with Gasteiger partial charge in [-0.3, -0.25) is 4.79 Å². The highest BCUT2D eigenvalue weighted by atomic mass is 32.1. The number of hydrogen-bond acceptors (Lipinski definition) is 5. The largest absolute Gasteiger partial charge is 0.479 e. The molecule has 116 valence electrons. The number of likely N-dealkylation sites (N-methyl/N-ethyl adjacent to an activating group) is 1. The van der Waals surface area contributed by atoms with Crippen molar-refractivity contribution in [3.8, 4) is 0 Å². The highest BCUT2D eigenvalue weighted by molar-refractivity contribution is 7.18. The molecule has 1 saturated heterocycles. The van der Waals surface area contributed by atoms with Gasteiger partial charge in [0.05, 0.1) is 16.8 Å². The molecule has 2 atom stereocenters. The van der Waals surface area contributed by atoms with Gasteiger partial charge in [-0.25, -0.2) is 9.78 Å². The van der Waals surface area contributed by atoms with E-state index in [1.54, 1.807) is 23.3 Å². The molecule has 0 unspecified atom stereocenters. The maximum absolute atomic E-state index is 12.3. The fourth-order valence-corrected chi connectivity index (χ4v) is 3.54. The number of amides is 1. The van der Waals surface area contributed by atoms with Crippen molar-refractivity contribution in [2.45, 2.75) is 31.6 Å². The van der Waals surface area contributed by atoms with Crippen LogP contribution in [-0.2, 0) is 20.9 Å². The Morgan fingerprint density at radius 3 is 2.77 bits per heavy atom. The smallest absolute Gasteiger partial charge is 0.332 e. The zero-order chi connectivity index (χ0) is 15.7. The summed E-state index contributed by atoms with van der Waals surface area (Å²) in [4.78, 5) is 29.2. The van der Waals surface area contributed by atoms with E-state index < -0.39 is 18.2 Å². The summed E-state index contributed by atoms with van der Waals surface area (Å²) < 4.78 is 6.38. The third kappa shape index (κ3) is 2.95. The Balaban J connectivity index is 1.65. The molecule has 6 nitrogen and oxygen atoms in total. The molecule has 1 aromatic heterocycles. The fraction of sp³-hybridized carbons (Fsp3) is 0.400. The minimum atomic E-state index is -1.01. The maximum atomic E-state index is 12.3. The van der Waals surface area contributed by atoms with Gasteiger partial charge in [-0.2, -0.15) is 0 Å². The predicted octanol–water partition coefficient (Wildman–Crippen LogP) is 1.89. The highest BCUT2D eigenvalue weighted by Gasteiger charge is 2.36. The van der Waals surface area contributed by atoms with E-state index >= 15 is 0 Å². The molecule has 1 fully saturated rings. The molecular weight excluding hydrogens is 304 g/mol. The van der Waals surface area contributed by atoms with Crippen LogP contribution in [0, 0.1) is 0 Å². The van der Waals surface area contributed by atoms with Crippen LogP contribution in [-0.4, -0.2) is 46.1 Å². The Kier molecular flexibility index (Phi) is 4.08. The number of ether oxygens (including phenoxy) is 1. The normalized spacial score (nSPS) is 21.1. The van der Waals surface area contributed by atoms with Crippen LogP contribution in [0.3, 0.4) is 0 Å². The van der Waals surface area contributed by atoms with Crippen molar-refractivity contribution < 1.29 is 19.4 Å². The van der Waals surface area contributed by atoms with Crippen LogP contribution in [0.15, 0.2) is 24.3 Å². The van der Waals surface area contributed by atoms with Crippen LogP contribution in [0.4, 0.5) is 0 Å². The number of rotatable bonds is 4. The molecule has 1 aliphatic heterocycles. The summed E-state index contributed by atoms with van der Waals surface area (Å²) >= 11 is 1.55. The van der Waals surface area contributed by atoms with Crippen LogP contribution in [0.25, 0.3) is 10.2 Å². The van der Waals surface area contributed by atoms with E-state index in [0.29, 0.717) is 19.4 Å². The molecule has 7 heteroatoms. The molecule has 2 heterocycles. The second-order valence-electron chi connectivity index (χ2n) is 5.30. The summed E-state index contributed by atoms with van der Waals surface area (Å²) in [5.74, 6) is -1.20. The minimum Gasteiger partial charge on any atom is -0.479 e. The summed E-state index contributed by atoms with van der Waals surface area (Å²) in [6.45, 7) is 0.399. The third-order valence-electron chi connectivity index (χ3n) is 3.66. The topological polar surface area (TPSA) is 79.7 Å².